The zero-order valence-electron chi connectivity index (χ0n) is 10.6. The van der Waals surface area contributed by atoms with E-state index in [9.17, 15) is 5.11 Å². The fourth-order valence-electron chi connectivity index (χ4n) is 1.78. The number of hydrogen-bond acceptors (Lipinski definition) is 2. The Morgan fingerprint density at radius 1 is 1.11 bits per heavy atom. The molecule has 0 heterocycles. The lowest BCUT2D eigenvalue weighted by molar-refractivity contribution is 0.472. The first kappa shape index (κ1) is 13.9. The average Bonchev–Trinajstić information content (AvgIpc) is 2.33. The van der Waals surface area contributed by atoms with Crippen molar-refractivity contribution in [3.05, 3.63) is 57.1 Å². The lowest BCUT2D eigenvalue weighted by atomic mass is 10.1. The van der Waals surface area contributed by atoms with Gasteiger partial charge in [0.2, 0.25) is 0 Å². The van der Waals surface area contributed by atoms with E-state index >= 15 is 0 Å². The monoisotopic (exact) mass is 293 g/mol. The summed E-state index contributed by atoms with van der Waals surface area (Å²) in [5.74, 6) is 0.187. The maximum atomic E-state index is 9.95. The van der Waals surface area contributed by atoms with Crippen molar-refractivity contribution in [1.29, 1.82) is 0 Å². The molecule has 0 aliphatic carbocycles. The van der Waals surface area contributed by atoms with Crippen LogP contribution < -0.4 is 0 Å². The van der Waals surface area contributed by atoms with Gasteiger partial charge in [-0.05, 0) is 43.2 Å². The molecule has 98 valence electrons. The van der Waals surface area contributed by atoms with Crippen LogP contribution in [0, 0.1) is 13.8 Å². The third-order valence-electron chi connectivity index (χ3n) is 2.73. The van der Waals surface area contributed by atoms with Gasteiger partial charge in [-0.3, -0.25) is 4.99 Å². The van der Waals surface area contributed by atoms with Crippen molar-refractivity contribution < 1.29 is 5.11 Å². The summed E-state index contributed by atoms with van der Waals surface area (Å²) in [5.41, 5.74) is 3.13. The van der Waals surface area contributed by atoms with Crippen molar-refractivity contribution in [2.24, 2.45) is 4.99 Å². The van der Waals surface area contributed by atoms with Crippen LogP contribution in [0.15, 0.2) is 35.3 Å². The summed E-state index contributed by atoms with van der Waals surface area (Å²) in [6, 6.07) is 8.92. The molecule has 0 unspecified atom stereocenters. The summed E-state index contributed by atoms with van der Waals surface area (Å²) in [5, 5.41) is 11.1. The maximum absolute atomic E-state index is 9.95. The van der Waals surface area contributed by atoms with E-state index in [0.717, 1.165) is 16.7 Å². The molecule has 0 aromatic heterocycles. The van der Waals surface area contributed by atoms with Gasteiger partial charge in [0.05, 0.1) is 5.02 Å². The molecule has 1 N–H and O–H groups in total. The molecule has 0 radical (unpaired) electrons. The Hall–Kier alpha value is -1.51. The minimum absolute atomic E-state index is 0.187. The van der Waals surface area contributed by atoms with E-state index in [-0.39, 0.29) is 5.75 Å². The van der Waals surface area contributed by atoms with E-state index in [2.05, 4.69) is 4.99 Å². The molecule has 2 nitrogen and oxygen atoms in total. The Bertz CT molecular complexity index is 651. The molecule has 0 atom stereocenters. The molecule has 0 bridgehead atoms. The van der Waals surface area contributed by atoms with Crippen LogP contribution in [0.4, 0.5) is 5.69 Å². The highest BCUT2D eigenvalue weighted by molar-refractivity contribution is 6.36. The Morgan fingerprint density at radius 3 is 2.53 bits per heavy atom. The second kappa shape index (κ2) is 5.64. The predicted molar refractivity (Wildman–Crippen MR) is 81.3 cm³/mol. The number of nitrogens with zero attached hydrogens (tertiary/aromatic N) is 1. The first-order valence-corrected chi connectivity index (χ1v) is 6.52. The molecule has 2 aromatic carbocycles. The maximum Gasteiger partial charge on any atom is 0.144 e. The van der Waals surface area contributed by atoms with Gasteiger partial charge in [0, 0.05) is 16.8 Å². The molecule has 4 heteroatoms. The normalized spacial score (nSPS) is 11.2. The fraction of sp³-hybridized carbons (Fsp3) is 0.133. The molecule has 0 saturated carbocycles. The fourth-order valence-corrected chi connectivity index (χ4v) is 2.24. The quantitative estimate of drug-likeness (QED) is 0.771. The van der Waals surface area contributed by atoms with Crippen LogP contribution in [0.3, 0.4) is 0 Å². The minimum Gasteiger partial charge on any atom is -0.505 e. The molecule has 2 rings (SSSR count). The van der Waals surface area contributed by atoms with Gasteiger partial charge in [-0.25, -0.2) is 0 Å². The molecule has 0 aliphatic heterocycles. The summed E-state index contributed by atoms with van der Waals surface area (Å²) in [7, 11) is 0. The van der Waals surface area contributed by atoms with Crippen molar-refractivity contribution in [3.63, 3.8) is 0 Å². The molecule has 2 aromatic rings. The SMILES string of the molecule is Cc1cc(C)c(O)c(N=Cc2ccc(Cl)cc2Cl)c1. The molecule has 19 heavy (non-hydrogen) atoms. The van der Waals surface area contributed by atoms with E-state index in [1.807, 2.05) is 26.0 Å². The molecular weight excluding hydrogens is 281 g/mol. The van der Waals surface area contributed by atoms with Gasteiger partial charge in [0.25, 0.3) is 0 Å². The van der Waals surface area contributed by atoms with Crippen LogP contribution in [0.25, 0.3) is 0 Å². The number of aromatic hydroxyl groups is 1. The van der Waals surface area contributed by atoms with Crippen molar-refractivity contribution in [2.75, 3.05) is 0 Å². The van der Waals surface area contributed by atoms with Crippen LogP contribution in [-0.2, 0) is 0 Å². The molecule has 0 saturated heterocycles. The van der Waals surface area contributed by atoms with Gasteiger partial charge in [0.15, 0.2) is 0 Å². The number of phenolic OH excluding ortho intramolecular Hbond substituents is 1. The molecule has 0 amide bonds. The number of hydrogen-bond donors (Lipinski definition) is 1. The van der Waals surface area contributed by atoms with E-state index in [4.69, 9.17) is 23.2 Å². The predicted octanol–water partition coefficient (Wildman–Crippen LogP) is 5.07. The molecular formula is C15H13Cl2NO. The standard InChI is InChI=1S/C15H13Cl2NO/c1-9-5-10(2)15(19)14(6-9)18-8-11-3-4-12(16)7-13(11)17/h3-8,19H,1-2H3. The Balaban J connectivity index is 2.38. The summed E-state index contributed by atoms with van der Waals surface area (Å²) in [6.45, 7) is 3.80. The first-order valence-electron chi connectivity index (χ1n) is 5.76. The Morgan fingerprint density at radius 2 is 1.84 bits per heavy atom. The Labute approximate surface area is 122 Å². The summed E-state index contributed by atoms with van der Waals surface area (Å²) in [6.07, 6.45) is 1.62. The highest BCUT2D eigenvalue weighted by Crippen LogP contribution is 2.31. The third kappa shape index (κ3) is 3.28. The van der Waals surface area contributed by atoms with Gasteiger partial charge in [0.1, 0.15) is 11.4 Å². The first-order chi connectivity index (χ1) is 8.97. The third-order valence-corrected chi connectivity index (χ3v) is 3.29. The summed E-state index contributed by atoms with van der Waals surface area (Å²) in [4.78, 5) is 4.29. The highest BCUT2D eigenvalue weighted by Gasteiger charge is 2.04. The average molecular weight is 294 g/mol. The number of rotatable bonds is 2. The zero-order chi connectivity index (χ0) is 14.0. The lowest BCUT2D eigenvalue weighted by Crippen LogP contribution is -1.84. The second-order valence-corrected chi connectivity index (χ2v) is 5.22. The smallest absolute Gasteiger partial charge is 0.144 e. The number of phenols is 1. The Kier molecular flexibility index (Phi) is 4.13. The van der Waals surface area contributed by atoms with Gasteiger partial charge in [-0.2, -0.15) is 0 Å². The van der Waals surface area contributed by atoms with Gasteiger partial charge in [-0.15, -0.1) is 0 Å². The molecule has 0 aliphatic rings. The van der Waals surface area contributed by atoms with Crippen LogP contribution >= 0.6 is 23.2 Å². The number of aliphatic imine (C=N–C) groups is 1. The second-order valence-electron chi connectivity index (χ2n) is 4.37. The van der Waals surface area contributed by atoms with Gasteiger partial charge in [-0.1, -0.05) is 35.3 Å². The van der Waals surface area contributed by atoms with Crippen LogP contribution in [0.5, 0.6) is 5.75 Å². The lowest BCUT2D eigenvalue weighted by Gasteiger charge is -2.05. The topological polar surface area (TPSA) is 32.6 Å². The van der Waals surface area contributed by atoms with E-state index < -0.39 is 0 Å². The van der Waals surface area contributed by atoms with Crippen LogP contribution in [-0.4, -0.2) is 11.3 Å². The summed E-state index contributed by atoms with van der Waals surface area (Å²) >= 11 is 11.9. The van der Waals surface area contributed by atoms with Crippen LogP contribution in [0.2, 0.25) is 10.0 Å². The number of halogens is 2. The molecule has 0 fully saturated rings. The van der Waals surface area contributed by atoms with Crippen LogP contribution in [0.1, 0.15) is 16.7 Å². The number of benzene rings is 2. The largest absolute Gasteiger partial charge is 0.505 e. The summed E-state index contributed by atoms with van der Waals surface area (Å²) < 4.78 is 0. The zero-order valence-corrected chi connectivity index (χ0v) is 12.1. The number of aryl methyl sites for hydroxylation is 2. The van der Waals surface area contributed by atoms with E-state index in [1.165, 1.54) is 0 Å². The van der Waals surface area contributed by atoms with Gasteiger partial charge >= 0.3 is 0 Å². The van der Waals surface area contributed by atoms with Gasteiger partial charge < -0.3 is 5.11 Å². The van der Waals surface area contributed by atoms with Crippen molar-refractivity contribution in [3.8, 4) is 5.75 Å². The van der Waals surface area contributed by atoms with Crippen molar-refractivity contribution in [1.82, 2.24) is 0 Å². The van der Waals surface area contributed by atoms with E-state index in [1.54, 1.807) is 24.4 Å². The molecule has 0 spiro atoms. The van der Waals surface area contributed by atoms with Crippen molar-refractivity contribution >= 4 is 35.1 Å². The highest BCUT2D eigenvalue weighted by atomic mass is 35.5. The minimum atomic E-state index is 0.187. The van der Waals surface area contributed by atoms with Crippen molar-refractivity contribution in [2.45, 2.75) is 13.8 Å². The van der Waals surface area contributed by atoms with E-state index in [0.29, 0.717) is 15.7 Å².